The molecule has 1 atom stereocenters. The minimum Gasteiger partial charge on any atom is -0.497 e. The summed E-state index contributed by atoms with van der Waals surface area (Å²) in [5.74, 6) is 0.491. The fourth-order valence-corrected chi connectivity index (χ4v) is 6.00. The lowest BCUT2D eigenvalue weighted by Crippen LogP contribution is -2.32. The van der Waals surface area contributed by atoms with Crippen LogP contribution in [0.3, 0.4) is 0 Å². The summed E-state index contributed by atoms with van der Waals surface area (Å²) in [7, 11) is 1.61. The van der Waals surface area contributed by atoms with Crippen LogP contribution in [-0.2, 0) is 14.3 Å². The molecule has 3 heterocycles. The van der Waals surface area contributed by atoms with E-state index in [1.807, 2.05) is 66.7 Å². The first kappa shape index (κ1) is 25.8. The van der Waals surface area contributed by atoms with Gasteiger partial charge in [-0.2, -0.15) is 5.10 Å². The standard InChI is InChI=1S/C31H27N3O5S/c1-37-22-14-12-21(13-15-22)23-19-26(27-9-6-18-38-27)34(32-23)30(35)20-39-31(36)16-17-33-24-7-2-4-10-28(24)40-29-11-5-3-8-25(29)33/h2-15,18,26H,16-17,19-20H2,1H3. The molecule has 6 rings (SSSR count). The van der Waals surface area contributed by atoms with E-state index in [2.05, 4.69) is 22.1 Å². The zero-order chi connectivity index (χ0) is 27.5. The van der Waals surface area contributed by atoms with Crippen LogP contribution in [-0.4, -0.2) is 42.9 Å². The van der Waals surface area contributed by atoms with Crippen LogP contribution in [0.2, 0.25) is 0 Å². The second-order valence-corrected chi connectivity index (χ2v) is 10.4. The minimum atomic E-state index is -0.449. The van der Waals surface area contributed by atoms with Crippen molar-refractivity contribution in [2.24, 2.45) is 5.10 Å². The summed E-state index contributed by atoms with van der Waals surface area (Å²) < 4.78 is 16.3. The van der Waals surface area contributed by atoms with Gasteiger partial charge in [0.1, 0.15) is 17.6 Å². The van der Waals surface area contributed by atoms with Gasteiger partial charge in [0.25, 0.3) is 5.91 Å². The van der Waals surface area contributed by atoms with E-state index in [4.69, 9.17) is 13.9 Å². The average molecular weight is 554 g/mol. The van der Waals surface area contributed by atoms with E-state index in [-0.39, 0.29) is 6.42 Å². The molecule has 0 saturated carbocycles. The van der Waals surface area contributed by atoms with E-state index in [0.717, 1.165) is 38.2 Å². The van der Waals surface area contributed by atoms with Crippen molar-refractivity contribution >= 4 is 40.7 Å². The lowest BCUT2D eigenvalue weighted by molar-refractivity contribution is -0.152. The maximum Gasteiger partial charge on any atom is 0.308 e. The number of methoxy groups -OCH3 is 1. The highest BCUT2D eigenvalue weighted by Crippen LogP contribution is 2.47. The van der Waals surface area contributed by atoms with E-state index in [9.17, 15) is 9.59 Å². The maximum absolute atomic E-state index is 13.2. The molecule has 0 aliphatic carbocycles. The predicted molar refractivity (Wildman–Crippen MR) is 152 cm³/mol. The number of hydrogen-bond donors (Lipinski definition) is 0. The Morgan fingerprint density at radius 1 is 0.950 bits per heavy atom. The van der Waals surface area contributed by atoms with E-state index >= 15 is 0 Å². The SMILES string of the molecule is COc1ccc(C2=NN(C(=O)COC(=O)CCN3c4ccccc4Sc4ccccc43)C(c3ccco3)C2)cc1. The number of para-hydroxylation sites is 2. The number of amides is 1. The van der Waals surface area contributed by atoms with Gasteiger partial charge in [-0.15, -0.1) is 0 Å². The average Bonchev–Trinajstić information content (AvgIpc) is 3.69. The van der Waals surface area contributed by atoms with Crippen LogP contribution in [0.25, 0.3) is 0 Å². The number of benzene rings is 3. The molecule has 0 N–H and O–H groups in total. The molecule has 2 aliphatic heterocycles. The van der Waals surface area contributed by atoms with Crippen molar-refractivity contribution in [2.45, 2.75) is 28.7 Å². The molecular weight excluding hydrogens is 526 g/mol. The molecule has 0 bridgehead atoms. The molecule has 4 aromatic rings. The largest absolute Gasteiger partial charge is 0.497 e. The number of hydrogen-bond acceptors (Lipinski definition) is 8. The molecule has 1 aromatic heterocycles. The third kappa shape index (κ3) is 5.20. The Kier molecular flexibility index (Phi) is 7.29. The quantitative estimate of drug-likeness (QED) is 0.240. The number of esters is 1. The Balaban J connectivity index is 1.12. The van der Waals surface area contributed by atoms with Crippen LogP contribution < -0.4 is 9.64 Å². The van der Waals surface area contributed by atoms with Gasteiger partial charge in [-0.05, 0) is 66.2 Å². The van der Waals surface area contributed by atoms with Crippen molar-refractivity contribution in [1.82, 2.24) is 5.01 Å². The van der Waals surface area contributed by atoms with Gasteiger partial charge in [-0.1, -0.05) is 36.0 Å². The summed E-state index contributed by atoms with van der Waals surface area (Å²) in [5.41, 5.74) is 3.72. The van der Waals surface area contributed by atoms with E-state index in [0.29, 0.717) is 18.7 Å². The Morgan fingerprint density at radius 2 is 1.65 bits per heavy atom. The summed E-state index contributed by atoms with van der Waals surface area (Å²) in [4.78, 5) is 30.4. The molecule has 0 fully saturated rings. The van der Waals surface area contributed by atoms with E-state index in [1.54, 1.807) is 31.2 Å². The van der Waals surface area contributed by atoms with Crippen LogP contribution in [0.4, 0.5) is 11.4 Å². The Bertz CT molecular complexity index is 1510. The van der Waals surface area contributed by atoms with Gasteiger partial charge < -0.3 is 18.8 Å². The van der Waals surface area contributed by atoms with Gasteiger partial charge in [0, 0.05) is 22.8 Å². The normalized spacial score (nSPS) is 15.7. The summed E-state index contributed by atoms with van der Waals surface area (Å²) in [6.45, 7) is 0.0264. The Morgan fingerprint density at radius 3 is 2.30 bits per heavy atom. The predicted octanol–water partition coefficient (Wildman–Crippen LogP) is 6.20. The zero-order valence-electron chi connectivity index (χ0n) is 21.9. The zero-order valence-corrected chi connectivity index (χ0v) is 22.7. The van der Waals surface area contributed by atoms with Crippen LogP contribution >= 0.6 is 11.8 Å². The molecule has 1 amide bonds. The lowest BCUT2D eigenvalue weighted by atomic mass is 10.0. The van der Waals surface area contributed by atoms with Gasteiger partial charge in [-0.25, -0.2) is 5.01 Å². The van der Waals surface area contributed by atoms with Crippen LogP contribution in [0.15, 0.2) is 111 Å². The highest BCUT2D eigenvalue weighted by Gasteiger charge is 2.35. The number of ether oxygens (including phenoxy) is 2. The van der Waals surface area contributed by atoms with E-state index in [1.165, 1.54) is 5.01 Å². The van der Waals surface area contributed by atoms with Crippen molar-refractivity contribution < 1.29 is 23.5 Å². The summed E-state index contributed by atoms with van der Waals surface area (Å²) >= 11 is 1.71. The molecule has 0 radical (unpaired) electrons. The Hall–Kier alpha value is -4.50. The summed E-state index contributed by atoms with van der Waals surface area (Å²) in [6.07, 6.45) is 2.17. The molecular formula is C31H27N3O5S. The number of rotatable bonds is 8. The van der Waals surface area contributed by atoms with Crippen molar-refractivity contribution in [1.29, 1.82) is 0 Å². The molecule has 8 nitrogen and oxygen atoms in total. The number of fused-ring (bicyclic) bond motifs is 2. The second kappa shape index (κ2) is 11.3. The molecule has 9 heteroatoms. The highest BCUT2D eigenvalue weighted by molar-refractivity contribution is 7.99. The molecule has 0 saturated heterocycles. The molecule has 40 heavy (non-hydrogen) atoms. The van der Waals surface area contributed by atoms with Gasteiger partial charge in [-0.3, -0.25) is 9.59 Å². The number of nitrogens with zero attached hydrogens (tertiary/aromatic N) is 3. The molecule has 0 spiro atoms. The summed E-state index contributed by atoms with van der Waals surface area (Å²) in [6, 6.07) is 26.9. The van der Waals surface area contributed by atoms with Gasteiger partial charge in [0.15, 0.2) is 6.61 Å². The first-order chi connectivity index (χ1) is 19.6. The summed E-state index contributed by atoms with van der Waals surface area (Å²) in [5, 5.41) is 5.96. The lowest BCUT2D eigenvalue weighted by Gasteiger charge is -2.32. The van der Waals surface area contributed by atoms with Crippen LogP contribution in [0, 0.1) is 0 Å². The molecule has 3 aromatic carbocycles. The maximum atomic E-state index is 13.2. The number of anilines is 2. The highest BCUT2D eigenvalue weighted by atomic mass is 32.2. The molecule has 1 unspecified atom stereocenters. The smallest absolute Gasteiger partial charge is 0.308 e. The van der Waals surface area contributed by atoms with Gasteiger partial charge in [0.2, 0.25) is 0 Å². The second-order valence-electron chi connectivity index (χ2n) is 9.35. The first-order valence-corrected chi connectivity index (χ1v) is 13.8. The monoisotopic (exact) mass is 553 g/mol. The number of hydrazone groups is 1. The van der Waals surface area contributed by atoms with Gasteiger partial charge >= 0.3 is 5.97 Å². The third-order valence-electron chi connectivity index (χ3n) is 6.89. The van der Waals surface area contributed by atoms with E-state index < -0.39 is 24.5 Å². The minimum absolute atomic E-state index is 0.128. The Labute approximate surface area is 236 Å². The van der Waals surface area contributed by atoms with Crippen molar-refractivity contribution in [3.05, 3.63) is 103 Å². The molecule has 2 aliphatic rings. The van der Waals surface area contributed by atoms with Gasteiger partial charge in [0.05, 0.1) is 36.9 Å². The fourth-order valence-electron chi connectivity index (χ4n) is 4.91. The van der Waals surface area contributed by atoms with Crippen LogP contribution in [0.5, 0.6) is 5.75 Å². The molecule has 202 valence electrons. The van der Waals surface area contributed by atoms with Crippen LogP contribution in [0.1, 0.15) is 30.2 Å². The van der Waals surface area contributed by atoms with Crippen molar-refractivity contribution in [3.63, 3.8) is 0 Å². The van der Waals surface area contributed by atoms with Crippen molar-refractivity contribution in [2.75, 3.05) is 25.2 Å². The third-order valence-corrected chi connectivity index (χ3v) is 8.02. The first-order valence-electron chi connectivity index (χ1n) is 13.0. The number of carbonyl (C=O) groups excluding carboxylic acids is 2. The van der Waals surface area contributed by atoms with Crippen molar-refractivity contribution in [3.8, 4) is 5.75 Å². The topological polar surface area (TPSA) is 84.6 Å². The fraction of sp³-hybridized carbons (Fsp3) is 0.194. The number of furan rings is 1. The number of carbonyl (C=O) groups is 2.